The van der Waals surface area contributed by atoms with Crippen LogP contribution in [-0.2, 0) is 9.53 Å². The SMILES string of the molecule is CCCCOC(=O)c1ccc(NC(=O)CCCOc2ccccc2OC)cc1. The third-order valence-electron chi connectivity index (χ3n) is 4.01. The summed E-state index contributed by atoms with van der Waals surface area (Å²) in [6, 6.07) is 14.1. The van der Waals surface area contributed by atoms with E-state index in [4.69, 9.17) is 14.2 Å². The van der Waals surface area contributed by atoms with Gasteiger partial charge in [0.2, 0.25) is 5.91 Å². The van der Waals surface area contributed by atoms with Gasteiger partial charge < -0.3 is 19.5 Å². The largest absolute Gasteiger partial charge is 0.493 e. The van der Waals surface area contributed by atoms with E-state index in [1.165, 1.54) is 0 Å². The Labute approximate surface area is 165 Å². The van der Waals surface area contributed by atoms with Crippen LogP contribution in [0.4, 0.5) is 5.69 Å². The lowest BCUT2D eigenvalue weighted by Crippen LogP contribution is -2.13. The van der Waals surface area contributed by atoms with Crippen LogP contribution in [0.3, 0.4) is 0 Å². The Hall–Kier alpha value is -3.02. The Bertz CT molecular complexity index is 758. The number of unbranched alkanes of at least 4 members (excludes halogenated alkanes) is 1. The first-order chi connectivity index (χ1) is 13.6. The molecule has 0 saturated carbocycles. The highest BCUT2D eigenvalue weighted by Gasteiger charge is 2.08. The van der Waals surface area contributed by atoms with Crippen LogP contribution in [0.25, 0.3) is 0 Å². The number of nitrogens with one attached hydrogen (secondary N) is 1. The average molecular weight is 385 g/mol. The van der Waals surface area contributed by atoms with Crippen LogP contribution in [0.15, 0.2) is 48.5 Å². The van der Waals surface area contributed by atoms with Crippen LogP contribution in [0.5, 0.6) is 11.5 Å². The quantitative estimate of drug-likeness (QED) is 0.457. The number of hydrogen-bond donors (Lipinski definition) is 1. The van der Waals surface area contributed by atoms with Crippen LogP contribution in [-0.4, -0.2) is 32.2 Å². The molecule has 1 N–H and O–H groups in total. The van der Waals surface area contributed by atoms with E-state index in [1.54, 1.807) is 31.4 Å². The van der Waals surface area contributed by atoms with E-state index in [9.17, 15) is 9.59 Å². The Morgan fingerprint density at radius 1 is 0.929 bits per heavy atom. The lowest BCUT2D eigenvalue weighted by molar-refractivity contribution is -0.116. The van der Waals surface area contributed by atoms with E-state index in [-0.39, 0.29) is 11.9 Å². The summed E-state index contributed by atoms with van der Waals surface area (Å²) in [5.74, 6) is 0.869. The Morgan fingerprint density at radius 2 is 1.64 bits per heavy atom. The molecule has 0 aliphatic carbocycles. The van der Waals surface area contributed by atoms with Crippen molar-refractivity contribution in [2.24, 2.45) is 0 Å². The highest BCUT2D eigenvalue weighted by Crippen LogP contribution is 2.25. The van der Waals surface area contributed by atoms with E-state index in [1.807, 2.05) is 31.2 Å². The number of hydrogen-bond acceptors (Lipinski definition) is 5. The second-order valence-corrected chi connectivity index (χ2v) is 6.22. The molecule has 6 heteroatoms. The smallest absolute Gasteiger partial charge is 0.338 e. The van der Waals surface area contributed by atoms with Gasteiger partial charge in [0.1, 0.15) is 0 Å². The second-order valence-electron chi connectivity index (χ2n) is 6.22. The molecule has 2 rings (SSSR count). The maximum atomic E-state index is 12.1. The van der Waals surface area contributed by atoms with Crippen molar-refractivity contribution >= 4 is 17.6 Å². The summed E-state index contributed by atoms with van der Waals surface area (Å²) in [4.78, 5) is 23.9. The maximum absolute atomic E-state index is 12.1. The Balaban J connectivity index is 1.72. The Kier molecular flexibility index (Phi) is 8.85. The van der Waals surface area contributed by atoms with Crippen molar-refractivity contribution in [2.75, 3.05) is 25.6 Å². The lowest BCUT2D eigenvalue weighted by Gasteiger charge is -2.10. The van der Waals surface area contributed by atoms with Gasteiger partial charge in [-0.2, -0.15) is 0 Å². The standard InChI is InChI=1S/C22H27NO5/c1-3-4-15-28-22(25)17-11-13-18(14-12-17)23-21(24)10-7-16-27-20-9-6-5-8-19(20)26-2/h5-6,8-9,11-14H,3-4,7,10,15-16H2,1-2H3,(H,23,24). The molecule has 1 amide bonds. The molecular weight excluding hydrogens is 358 g/mol. The zero-order chi connectivity index (χ0) is 20.2. The van der Waals surface area contributed by atoms with Gasteiger partial charge in [0.15, 0.2) is 11.5 Å². The van der Waals surface area contributed by atoms with Gasteiger partial charge in [0.05, 0.1) is 25.9 Å². The van der Waals surface area contributed by atoms with Gasteiger partial charge in [-0.15, -0.1) is 0 Å². The second kappa shape index (κ2) is 11.6. The van der Waals surface area contributed by atoms with Gasteiger partial charge in [0.25, 0.3) is 0 Å². The lowest BCUT2D eigenvalue weighted by atomic mass is 10.2. The van der Waals surface area contributed by atoms with Crippen LogP contribution < -0.4 is 14.8 Å². The molecule has 0 aliphatic heterocycles. The molecule has 0 radical (unpaired) electrons. The van der Waals surface area contributed by atoms with Gasteiger partial charge in [0, 0.05) is 12.1 Å². The minimum Gasteiger partial charge on any atom is -0.493 e. The van der Waals surface area contributed by atoms with Crippen molar-refractivity contribution in [3.05, 3.63) is 54.1 Å². The number of amides is 1. The molecule has 0 heterocycles. The highest BCUT2D eigenvalue weighted by molar-refractivity contribution is 5.93. The number of ether oxygens (including phenoxy) is 3. The molecule has 2 aromatic rings. The number of anilines is 1. The van der Waals surface area contributed by atoms with Crippen molar-refractivity contribution < 1.29 is 23.8 Å². The summed E-state index contributed by atoms with van der Waals surface area (Å²) in [7, 11) is 1.59. The predicted molar refractivity (Wildman–Crippen MR) is 108 cm³/mol. The average Bonchev–Trinajstić information content (AvgIpc) is 2.72. The molecule has 0 aliphatic rings. The first kappa shape index (κ1) is 21.3. The minimum absolute atomic E-state index is 0.109. The first-order valence-corrected chi connectivity index (χ1v) is 9.47. The van der Waals surface area contributed by atoms with E-state index in [0.717, 1.165) is 12.8 Å². The molecular formula is C22H27NO5. The topological polar surface area (TPSA) is 73.9 Å². The molecule has 0 spiro atoms. The van der Waals surface area contributed by atoms with E-state index in [2.05, 4.69) is 5.32 Å². The van der Waals surface area contributed by atoms with Crippen LogP contribution >= 0.6 is 0 Å². The minimum atomic E-state index is -0.347. The molecule has 28 heavy (non-hydrogen) atoms. The van der Waals surface area contributed by atoms with Crippen molar-refractivity contribution in [1.29, 1.82) is 0 Å². The molecule has 0 saturated heterocycles. The zero-order valence-corrected chi connectivity index (χ0v) is 16.4. The van der Waals surface area contributed by atoms with Crippen LogP contribution in [0, 0.1) is 0 Å². The number of para-hydroxylation sites is 2. The third-order valence-corrected chi connectivity index (χ3v) is 4.01. The molecule has 150 valence electrons. The number of carbonyl (C=O) groups excluding carboxylic acids is 2. The summed E-state index contributed by atoms with van der Waals surface area (Å²) in [6.45, 7) is 2.87. The number of esters is 1. The number of carbonyl (C=O) groups is 2. The van der Waals surface area contributed by atoms with Gasteiger partial charge in [-0.25, -0.2) is 4.79 Å². The molecule has 0 fully saturated rings. The summed E-state index contributed by atoms with van der Waals surface area (Å²) >= 11 is 0. The molecule has 0 atom stereocenters. The molecule has 0 unspecified atom stereocenters. The maximum Gasteiger partial charge on any atom is 0.338 e. The fourth-order valence-electron chi connectivity index (χ4n) is 2.46. The number of benzene rings is 2. The molecule has 6 nitrogen and oxygen atoms in total. The third kappa shape index (κ3) is 6.95. The first-order valence-electron chi connectivity index (χ1n) is 9.47. The summed E-state index contributed by atoms with van der Waals surface area (Å²) < 4.78 is 16.0. The van der Waals surface area contributed by atoms with E-state index in [0.29, 0.717) is 48.8 Å². The van der Waals surface area contributed by atoms with Gasteiger partial charge in [-0.3, -0.25) is 4.79 Å². The van der Waals surface area contributed by atoms with Crippen molar-refractivity contribution in [1.82, 2.24) is 0 Å². The van der Waals surface area contributed by atoms with Crippen LogP contribution in [0.2, 0.25) is 0 Å². The summed E-state index contributed by atoms with van der Waals surface area (Å²) in [6.07, 6.45) is 2.73. The number of rotatable bonds is 11. The molecule has 0 aromatic heterocycles. The highest BCUT2D eigenvalue weighted by atomic mass is 16.5. The normalized spacial score (nSPS) is 10.2. The fourth-order valence-corrected chi connectivity index (χ4v) is 2.46. The van der Waals surface area contributed by atoms with Crippen molar-refractivity contribution in [2.45, 2.75) is 32.6 Å². The summed E-state index contributed by atoms with van der Waals surface area (Å²) in [5, 5.41) is 2.81. The predicted octanol–water partition coefficient (Wildman–Crippen LogP) is 4.45. The fraction of sp³-hybridized carbons (Fsp3) is 0.364. The van der Waals surface area contributed by atoms with Crippen molar-refractivity contribution in [3.63, 3.8) is 0 Å². The molecule has 0 bridgehead atoms. The Morgan fingerprint density at radius 3 is 2.32 bits per heavy atom. The summed E-state index contributed by atoms with van der Waals surface area (Å²) in [5.41, 5.74) is 1.11. The van der Waals surface area contributed by atoms with Crippen molar-refractivity contribution in [3.8, 4) is 11.5 Å². The van der Waals surface area contributed by atoms with E-state index >= 15 is 0 Å². The zero-order valence-electron chi connectivity index (χ0n) is 16.4. The van der Waals surface area contributed by atoms with Gasteiger partial charge in [-0.05, 0) is 49.2 Å². The van der Waals surface area contributed by atoms with Gasteiger partial charge >= 0.3 is 5.97 Å². The van der Waals surface area contributed by atoms with Gasteiger partial charge in [-0.1, -0.05) is 25.5 Å². The monoisotopic (exact) mass is 385 g/mol. The molecule has 2 aromatic carbocycles. The van der Waals surface area contributed by atoms with Crippen LogP contribution in [0.1, 0.15) is 43.0 Å². The van der Waals surface area contributed by atoms with E-state index < -0.39 is 0 Å². The number of methoxy groups -OCH3 is 1.